The molecule has 0 aliphatic carbocycles. The molecule has 0 bridgehead atoms. The Labute approximate surface area is 138 Å². The van der Waals surface area contributed by atoms with E-state index >= 15 is 0 Å². The second-order valence-corrected chi connectivity index (χ2v) is 7.11. The van der Waals surface area contributed by atoms with Gasteiger partial charge in [-0.15, -0.1) is 0 Å². The van der Waals surface area contributed by atoms with E-state index in [1.54, 1.807) is 18.2 Å². The zero-order valence-electron chi connectivity index (χ0n) is 11.4. The fraction of sp³-hybridized carbons (Fsp3) is 0.0714. The summed E-state index contributed by atoms with van der Waals surface area (Å²) in [6.45, 7) is 0. The molecule has 0 saturated carbocycles. The van der Waals surface area contributed by atoms with Crippen molar-refractivity contribution in [2.75, 3.05) is 12.4 Å². The standard InChI is InChI=1S/C14H12Cl2N2O3S/c1-17-22(20,21)13-4-2-3-9(5-13)14(19)18-12-7-10(15)6-11(16)8-12/h2-8,17H,1H3,(H,18,19). The highest BCUT2D eigenvalue weighted by Crippen LogP contribution is 2.23. The summed E-state index contributed by atoms with van der Waals surface area (Å²) < 4.78 is 25.7. The van der Waals surface area contributed by atoms with Crippen molar-refractivity contribution >= 4 is 44.8 Å². The van der Waals surface area contributed by atoms with E-state index < -0.39 is 15.9 Å². The summed E-state index contributed by atoms with van der Waals surface area (Å²) in [7, 11) is -2.31. The smallest absolute Gasteiger partial charge is 0.255 e. The predicted molar refractivity (Wildman–Crippen MR) is 87.1 cm³/mol. The van der Waals surface area contributed by atoms with Gasteiger partial charge in [-0.05, 0) is 43.4 Å². The highest BCUT2D eigenvalue weighted by atomic mass is 35.5. The molecule has 0 aliphatic heterocycles. The van der Waals surface area contributed by atoms with E-state index in [0.29, 0.717) is 15.7 Å². The van der Waals surface area contributed by atoms with Crippen molar-refractivity contribution in [3.63, 3.8) is 0 Å². The SMILES string of the molecule is CNS(=O)(=O)c1cccc(C(=O)Nc2cc(Cl)cc(Cl)c2)c1. The van der Waals surface area contributed by atoms with Gasteiger partial charge in [0.05, 0.1) is 4.90 Å². The minimum atomic E-state index is -3.61. The van der Waals surface area contributed by atoms with Crippen molar-refractivity contribution in [3.05, 3.63) is 58.1 Å². The van der Waals surface area contributed by atoms with Crippen LogP contribution < -0.4 is 10.0 Å². The van der Waals surface area contributed by atoms with Gasteiger partial charge in [-0.3, -0.25) is 4.79 Å². The number of carbonyl (C=O) groups is 1. The number of halogens is 2. The maximum atomic E-state index is 12.2. The number of hydrogen-bond acceptors (Lipinski definition) is 3. The van der Waals surface area contributed by atoms with Crippen LogP contribution in [0.25, 0.3) is 0 Å². The van der Waals surface area contributed by atoms with Crippen LogP contribution in [-0.4, -0.2) is 21.4 Å². The summed E-state index contributed by atoms with van der Waals surface area (Å²) in [6.07, 6.45) is 0. The number of amides is 1. The highest BCUT2D eigenvalue weighted by Gasteiger charge is 2.14. The van der Waals surface area contributed by atoms with E-state index in [9.17, 15) is 13.2 Å². The molecule has 0 atom stereocenters. The molecule has 2 N–H and O–H groups in total. The predicted octanol–water partition coefficient (Wildman–Crippen LogP) is 3.15. The average Bonchev–Trinajstić information content (AvgIpc) is 2.46. The average molecular weight is 359 g/mol. The summed E-state index contributed by atoms with van der Waals surface area (Å²) in [6, 6.07) is 10.3. The van der Waals surface area contributed by atoms with Crippen LogP contribution in [-0.2, 0) is 10.0 Å². The largest absolute Gasteiger partial charge is 0.322 e. The van der Waals surface area contributed by atoms with Crippen molar-refractivity contribution in [3.8, 4) is 0 Å². The number of rotatable bonds is 4. The zero-order valence-corrected chi connectivity index (χ0v) is 13.8. The number of anilines is 1. The Kier molecular flexibility index (Phi) is 5.08. The zero-order chi connectivity index (χ0) is 16.3. The first-order chi connectivity index (χ1) is 10.3. The number of sulfonamides is 1. The first-order valence-electron chi connectivity index (χ1n) is 6.13. The van der Waals surface area contributed by atoms with E-state index in [0.717, 1.165) is 0 Å². The first kappa shape index (κ1) is 16.8. The summed E-state index contributed by atoms with van der Waals surface area (Å²) in [5.41, 5.74) is 0.622. The van der Waals surface area contributed by atoms with Crippen molar-refractivity contribution in [2.45, 2.75) is 4.90 Å². The first-order valence-corrected chi connectivity index (χ1v) is 8.37. The lowest BCUT2D eigenvalue weighted by Crippen LogP contribution is -2.19. The molecule has 8 heteroatoms. The molecule has 1 amide bonds. The Hall–Kier alpha value is -1.60. The number of nitrogens with one attached hydrogen (secondary N) is 2. The number of benzene rings is 2. The molecule has 2 aromatic rings. The Morgan fingerprint density at radius 3 is 2.27 bits per heavy atom. The molecule has 2 rings (SSSR count). The van der Waals surface area contributed by atoms with Crippen LogP contribution >= 0.6 is 23.2 Å². The maximum absolute atomic E-state index is 12.2. The second-order valence-electron chi connectivity index (χ2n) is 4.35. The van der Waals surface area contributed by atoms with Crippen molar-refractivity contribution in [1.82, 2.24) is 4.72 Å². The van der Waals surface area contributed by atoms with Crippen LogP contribution in [0.5, 0.6) is 0 Å². The lowest BCUT2D eigenvalue weighted by atomic mass is 10.2. The third-order valence-corrected chi connectivity index (χ3v) is 4.64. The third-order valence-electron chi connectivity index (χ3n) is 2.80. The van der Waals surface area contributed by atoms with Crippen LogP contribution in [0.2, 0.25) is 10.0 Å². The monoisotopic (exact) mass is 358 g/mol. The van der Waals surface area contributed by atoms with Crippen LogP contribution in [0, 0.1) is 0 Å². The fourth-order valence-corrected chi connectivity index (χ4v) is 3.05. The summed E-state index contributed by atoms with van der Waals surface area (Å²) in [4.78, 5) is 12.2. The molecule has 0 fully saturated rings. The van der Waals surface area contributed by atoms with Crippen LogP contribution in [0.3, 0.4) is 0 Å². The summed E-state index contributed by atoms with van der Waals surface area (Å²) in [5, 5.41) is 3.38. The molecule has 0 aromatic heterocycles. The molecular formula is C14H12Cl2N2O3S. The minimum Gasteiger partial charge on any atom is -0.322 e. The van der Waals surface area contributed by atoms with Crippen molar-refractivity contribution in [2.24, 2.45) is 0 Å². The minimum absolute atomic E-state index is 0.00627. The van der Waals surface area contributed by atoms with Crippen LogP contribution in [0.15, 0.2) is 47.4 Å². The van der Waals surface area contributed by atoms with E-state index in [1.165, 1.54) is 31.3 Å². The molecular weight excluding hydrogens is 347 g/mol. The maximum Gasteiger partial charge on any atom is 0.255 e. The van der Waals surface area contributed by atoms with E-state index in [-0.39, 0.29) is 10.5 Å². The number of hydrogen-bond donors (Lipinski definition) is 2. The third kappa shape index (κ3) is 3.98. The molecule has 0 spiro atoms. The quantitative estimate of drug-likeness (QED) is 0.881. The van der Waals surface area contributed by atoms with Crippen LogP contribution in [0.4, 0.5) is 5.69 Å². The normalized spacial score (nSPS) is 11.2. The molecule has 0 saturated heterocycles. The van der Waals surface area contributed by atoms with Gasteiger partial charge < -0.3 is 5.32 Å². The topological polar surface area (TPSA) is 75.3 Å². The van der Waals surface area contributed by atoms with Gasteiger partial charge in [0.2, 0.25) is 10.0 Å². The Morgan fingerprint density at radius 1 is 1.05 bits per heavy atom. The molecule has 0 unspecified atom stereocenters. The molecule has 0 radical (unpaired) electrons. The Balaban J connectivity index is 2.28. The molecule has 116 valence electrons. The van der Waals surface area contributed by atoms with Gasteiger partial charge in [-0.2, -0.15) is 0 Å². The molecule has 5 nitrogen and oxygen atoms in total. The van der Waals surface area contributed by atoms with Gasteiger partial charge in [0.15, 0.2) is 0 Å². The van der Waals surface area contributed by atoms with Gasteiger partial charge in [0.1, 0.15) is 0 Å². The van der Waals surface area contributed by atoms with Gasteiger partial charge in [0.25, 0.3) is 5.91 Å². The summed E-state index contributed by atoms with van der Waals surface area (Å²) in [5.74, 6) is -0.466. The van der Waals surface area contributed by atoms with Gasteiger partial charge >= 0.3 is 0 Å². The molecule has 0 heterocycles. The van der Waals surface area contributed by atoms with Crippen molar-refractivity contribution in [1.29, 1.82) is 0 Å². The summed E-state index contributed by atoms with van der Waals surface area (Å²) >= 11 is 11.7. The van der Waals surface area contributed by atoms with E-state index in [1.807, 2.05) is 0 Å². The lowest BCUT2D eigenvalue weighted by molar-refractivity contribution is 0.102. The van der Waals surface area contributed by atoms with Crippen molar-refractivity contribution < 1.29 is 13.2 Å². The number of carbonyl (C=O) groups excluding carboxylic acids is 1. The van der Waals surface area contributed by atoms with Gasteiger partial charge in [0, 0.05) is 21.3 Å². The lowest BCUT2D eigenvalue weighted by Gasteiger charge is -2.08. The fourth-order valence-electron chi connectivity index (χ4n) is 1.75. The van der Waals surface area contributed by atoms with E-state index in [4.69, 9.17) is 23.2 Å². The van der Waals surface area contributed by atoms with Crippen LogP contribution in [0.1, 0.15) is 10.4 Å². The molecule has 22 heavy (non-hydrogen) atoms. The highest BCUT2D eigenvalue weighted by molar-refractivity contribution is 7.89. The molecule has 2 aromatic carbocycles. The molecule has 0 aliphatic rings. The van der Waals surface area contributed by atoms with Gasteiger partial charge in [-0.25, -0.2) is 13.1 Å². The Morgan fingerprint density at radius 2 is 1.68 bits per heavy atom. The second kappa shape index (κ2) is 6.66. The van der Waals surface area contributed by atoms with Gasteiger partial charge in [-0.1, -0.05) is 29.3 Å². The van der Waals surface area contributed by atoms with E-state index in [2.05, 4.69) is 10.0 Å². The Bertz CT molecular complexity index is 802.